The smallest absolute Gasteiger partial charge is 0.335 e. The fourth-order valence-electron chi connectivity index (χ4n) is 2.62. The number of hydrogen-bond donors (Lipinski definition) is 5. The van der Waals surface area contributed by atoms with Gasteiger partial charge in [-0.1, -0.05) is 0 Å². The van der Waals surface area contributed by atoms with Gasteiger partial charge in [-0.2, -0.15) is 5.48 Å². The van der Waals surface area contributed by atoms with E-state index >= 15 is 0 Å². The molecule has 8 atom stereocenters. The molecule has 170 valence electrons. The van der Waals surface area contributed by atoms with Gasteiger partial charge in [-0.15, -0.1) is 0 Å². The van der Waals surface area contributed by atoms with Crippen LogP contribution in [-0.4, -0.2) is 109 Å². The Balaban J connectivity index is 3.12. The molecule has 29 heavy (non-hydrogen) atoms. The number of aldehydes is 1. The molecule has 0 aromatic carbocycles. The predicted molar refractivity (Wildman–Crippen MR) is 92.2 cm³/mol. The molecule has 5 N–H and O–H groups in total. The molecule has 0 radical (unpaired) electrons. The SMILES string of the molecule is CCONC1C(OC)OC(C=O)C(O)C1OC(OC(C(=O)O)C(C)OC)C(O)O. The summed E-state index contributed by atoms with van der Waals surface area (Å²) < 4.78 is 26.0. The van der Waals surface area contributed by atoms with Crippen molar-refractivity contribution in [2.24, 2.45) is 0 Å². The summed E-state index contributed by atoms with van der Waals surface area (Å²) >= 11 is 0. The quantitative estimate of drug-likeness (QED) is 0.117. The maximum Gasteiger partial charge on any atom is 0.335 e. The van der Waals surface area contributed by atoms with E-state index in [1.54, 1.807) is 6.92 Å². The number of rotatable bonds is 13. The second-order valence-electron chi connectivity index (χ2n) is 6.13. The third kappa shape index (κ3) is 6.89. The van der Waals surface area contributed by atoms with Crippen LogP contribution in [0.15, 0.2) is 0 Å². The monoisotopic (exact) mass is 427 g/mol. The van der Waals surface area contributed by atoms with Crippen molar-refractivity contribution in [1.82, 2.24) is 5.48 Å². The number of hydroxylamine groups is 1. The predicted octanol–water partition coefficient (Wildman–Crippen LogP) is -2.65. The number of aliphatic hydroxyl groups excluding tert-OH is 2. The van der Waals surface area contributed by atoms with E-state index in [1.807, 2.05) is 0 Å². The first-order valence-corrected chi connectivity index (χ1v) is 8.83. The maximum absolute atomic E-state index is 11.4. The Kier molecular flexibility index (Phi) is 11.1. The second-order valence-corrected chi connectivity index (χ2v) is 6.13. The lowest BCUT2D eigenvalue weighted by atomic mass is 9.97. The minimum absolute atomic E-state index is 0.210. The molecule has 1 fully saturated rings. The molecular formula is C16H29NO12. The molecule has 0 aliphatic carbocycles. The molecule has 0 saturated carbocycles. The number of nitrogens with one attached hydrogen (secondary N) is 1. The first-order chi connectivity index (χ1) is 13.7. The number of aliphatic hydroxyl groups is 3. The van der Waals surface area contributed by atoms with E-state index in [9.17, 15) is 30.0 Å². The molecule has 8 unspecified atom stereocenters. The van der Waals surface area contributed by atoms with Crippen LogP contribution in [0.5, 0.6) is 0 Å². The van der Waals surface area contributed by atoms with Crippen molar-refractivity contribution in [3.63, 3.8) is 0 Å². The molecule has 0 aromatic heterocycles. The van der Waals surface area contributed by atoms with E-state index in [2.05, 4.69) is 5.48 Å². The van der Waals surface area contributed by atoms with Crippen molar-refractivity contribution in [2.75, 3.05) is 20.8 Å². The third-order valence-electron chi connectivity index (χ3n) is 4.20. The van der Waals surface area contributed by atoms with Gasteiger partial charge in [-0.3, -0.25) is 0 Å². The van der Waals surface area contributed by atoms with Crippen LogP contribution >= 0.6 is 0 Å². The summed E-state index contributed by atoms with van der Waals surface area (Å²) in [6.07, 6.45) is -12.0. The molecule has 0 bridgehead atoms. The normalized spacial score (nSPS) is 30.7. The topological polar surface area (TPSA) is 182 Å². The van der Waals surface area contributed by atoms with Gasteiger partial charge >= 0.3 is 5.97 Å². The largest absolute Gasteiger partial charge is 0.479 e. The number of methoxy groups -OCH3 is 2. The summed E-state index contributed by atoms with van der Waals surface area (Å²) in [5.74, 6) is -1.44. The van der Waals surface area contributed by atoms with Crippen molar-refractivity contribution in [1.29, 1.82) is 0 Å². The zero-order chi connectivity index (χ0) is 22.1. The van der Waals surface area contributed by atoms with Crippen LogP contribution in [0.3, 0.4) is 0 Å². The molecule has 13 nitrogen and oxygen atoms in total. The highest BCUT2D eigenvalue weighted by Gasteiger charge is 2.49. The van der Waals surface area contributed by atoms with Crippen LogP contribution in [0, 0.1) is 0 Å². The Morgan fingerprint density at radius 2 is 1.97 bits per heavy atom. The van der Waals surface area contributed by atoms with Crippen molar-refractivity contribution < 1.29 is 58.5 Å². The number of ether oxygens (including phenoxy) is 5. The highest BCUT2D eigenvalue weighted by Crippen LogP contribution is 2.26. The number of hydrogen-bond acceptors (Lipinski definition) is 12. The molecule has 0 spiro atoms. The highest BCUT2D eigenvalue weighted by atomic mass is 16.7. The van der Waals surface area contributed by atoms with Gasteiger partial charge in [0.05, 0.1) is 12.7 Å². The van der Waals surface area contributed by atoms with Crippen molar-refractivity contribution in [2.45, 2.75) is 69.3 Å². The van der Waals surface area contributed by atoms with E-state index < -0.39 is 61.4 Å². The maximum atomic E-state index is 11.4. The molecule has 1 aliphatic heterocycles. The van der Waals surface area contributed by atoms with Gasteiger partial charge in [0.15, 0.2) is 18.7 Å². The summed E-state index contributed by atoms with van der Waals surface area (Å²) in [5.41, 5.74) is 2.54. The minimum Gasteiger partial charge on any atom is -0.479 e. The molecule has 1 saturated heterocycles. The summed E-state index contributed by atoms with van der Waals surface area (Å²) in [4.78, 5) is 27.8. The van der Waals surface area contributed by atoms with Crippen molar-refractivity contribution in [3.8, 4) is 0 Å². The van der Waals surface area contributed by atoms with Crippen LogP contribution in [-0.2, 0) is 38.1 Å². The third-order valence-corrected chi connectivity index (χ3v) is 4.20. The molecule has 0 aromatic rings. The first-order valence-electron chi connectivity index (χ1n) is 8.83. The van der Waals surface area contributed by atoms with E-state index in [4.69, 9.17) is 28.5 Å². The Morgan fingerprint density at radius 3 is 2.41 bits per heavy atom. The lowest BCUT2D eigenvalue weighted by Crippen LogP contribution is -2.65. The second kappa shape index (κ2) is 12.4. The van der Waals surface area contributed by atoms with Gasteiger partial charge in [0, 0.05) is 14.2 Å². The number of carbonyl (C=O) groups excluding carboxylic acids is 1. The summed E-state index contributed by atoms with van der Waals surface area (Å²) in [6, 6.07) is -1.04. The van der Waals surface area contributed by atoms with Gasteiger partial charge in [-0.05, 0) is 13.8 Å². The number of carboxylic acid groups (broad SMARTS) is 1. The summed E-state index contributed by atoms with van der Waals surface area (Å²) in [7, 11) is 2.52. The number of carbonyl (C=O) groups is 2. The van der Waals surface area contributed by atoms with Crippen LogP contribution < -0.4 is 5.48 Å². The summed E-state index contributed by atoms with van der Waals surface area (Å²) in [5, 5.41) is 39.0. The van der Waals surface area contributed by atoms with Crippen LogP contribution in [0.2, 0.25) is 0 Å². The Morgan fingerprint density at radius 1 is 1.31 bits per heavy atom. The van der Waals surface area contributed by atoms with Crippen molar-refractivity contribution in [3.05, 3.63) is 0 Å². The number of carboxylic acids is 1. The van der Waals surface area contributed by atoms with Gasteiger partial charge in [0.1, 0.15) is 24.4 Å². The first kappa shape index (κ1) is 25.8. The Bertz CT molecular complexity index is 506. The zero-order valence-corrected chi connectivity index (χ0v) is 16.5. The molecule has 1 rings (SSSR count). The van der Waals surface area contributed by atoms with E-state index in [0.29, 0.717) is 6.29 Å². The average Bonchev–Trinajstić information content (AvgIpc) is 2.69. The van der Waals surface area contributed by atoms with Crippen LogP contribution in [0.25, 0.3) is 0 Å². The lowest BCUT2D eigenvalue weighted by Gasteiger charge is -2.43. The van der Waals surface area contributed by atoms with E-state index in [1.165, 1.54) is 21.1 Å². The number of aliphatic carboxylic acids is 1. The van der Waals surface area contributed by atoms with Crippen LogP contribution in [0.4, 0.5) is 0 Å². The van der Waals surface area contributed by atoms with E-state index in [0.717, 1.165) is 0 Å². The van der Waals surface area contributed by atoms with Gasteiger partial charge < -0.3 is 53.7 Å². The Labute approximate surface area is 167 Å². The van der Waals surface area contributed by atoms with Crippen LogP contribution in [0.1, 0.15) is 13.8 Å². The fraction of sp³-hybridized carbons (Fsp3) is 0.875. The standard InChI is InChI=1S/C16H29NO12/c1-5-26-17-9-12(10(19)8(6-18)27-15(9)25-4)29-16(14(22)23)28-11(13(20)21)7(2)24-3/h6-12,14-17,19,22-23H,5H2,1-4H3,(H,20,21). The Hall–Kier alpha value is -1.26. The molecule has 1 heterocycles. The van der Waals surface area contributed by atoms with Gasteiger partial charge in [-0.25, -0.2) is 4.79 Å². The van der Waals surface area contributed by atoms with Crippen molar-refractivity contribution >= 4 is 12.3 Å². The highest BCUT2D eigenvalue weighted by molar-refractivity contribution is 5.73. The van der Waals surface area contributed by atoms with Gasteiger partial charge in [0.25, 0.3) is 0 Å². The van der Waals surface area contributed by atoms with E-state index in [-0.39, 0.29) is 6.61 Å². The molecule has 13 heteroatoms. The molecule has 1 aliphatic rings. The molecule has 0 amide bonds. The minimum atomic E-state index is -2.29. The molecular weight excluding hydrogens is 398 g/mol. The van der Waals surface area contributed by atoms with Gasteiger partial charge in [0.2, 0.25) is 12.6 Å². The summed E-state index contributed by atoms with van der Waals surface area (Å²) in [6.45, 7) is 3.28. The fourth-order valence-corrected chi connectivity index (χ4v) is 2.62. The zero-order valence-electron chi connectivity index (χ0n) is 16.5. The lowest BCUT2D eigenvalue weighted by molar-refractivity contribution is -0.333. The average molecular weight is 427 g/mol.